The Labute approximate surface area is 173 Å². The lowest BCUT2D eigenvalue weighted by atomic mass is 10.1. The van der Waals surface area contributed by atoms with Gasteiger partial charge in [-0.15, -0.1) is 0 Å². The molecule has 0 saturated heterocycles. The minimum Gasteiger partial charge on any atom is -0.462 e. The molecule has 0 aliphatic carbocycles. The van der Waals surface area contributed by atoms with Gasteiger partial charge in [-0.3, -0.25) is 0 Å². The van der Waals surface area contributed by atoms with Gasteiger partial charge >= 0.3 is 14.8 Å². The molecule has 0 atom stereocenters. The highest BCUT2D eigenvalue weighted by molar-refractivity contribution is 6.60. The van der Waals surface area contributed by atoms with Crippen molar-refractivity contribution in [3.63, 3.8) is 0 Å². The maximum Gasteiger partial charge on any atom is 0.501 e. The highest BCUT2D eigenvalue weighted by atomic mass is 28.4. The second-order valence-electron chi connectivity index (χ2n) is 7.37. The third-order valence-electron chi connectivity index (χ3n) is 3.52. The van der Waals surface area contributed by atoms with Crippen molar-refractivity contribution in [2.45, 2.75) is 72.3 Å². The molecule has 0 spiro atoms. The molecule has 1 aromatic carbocycles. The molecule has 0 radical (unpaired) electrons. The molecule has 0 aliphatic rings. The summed E-state index contributed by atoms with van der Waals surface area (Å²) in [7, 11) is -3.19. The van der Waals surface area contributed by atoms with Crippen LogP contribution in [0, 0.1) is 29.1 Å². The van der Waals surface area contributed by atoms with Crippen molar-refractivity contribution in [1.82, 2.24) is 0 Å². The fourth-order valence-corrected chi connectivity index (χ4v) is 5.90. The van der Waals surface area contributed by atoms with Crippen LogP contribution in [0.1, 0.15) is 58.3 Å². The Morgan fingerprint density at radius 2 is 1.10 bits per heavy atom. The lowest BCUT2D eigenvalue weighted by molar-refractivity contribution is 0.00107. The maximum absolute atomic E-state index is 13.7. The lowest BCUT2D eigenvalue weighted by Crippen LogP contribution is -2.50. The Bertz CT molecular complexity index is 687. The summed E-state index contributed by atoms with van der Waals surface area (Å²) in [5, 5.41) is 0. The van der Waals surface area contributed by atoms with E-state index in [9.17, 15) is 26.7 Å². The summed E-state index contributed by atoms with van der Waals surface area (Å²) in [5.74, 6) is -12.9. The van der Waals surface area contributed by atoms with Crippen molar-refractivity contribution >= 4 is 14.8 Å². The van der Waals surface area contributed by atoms with Gasteiger partial charge in [-0.2, -0.15) is 0 Å². The van der Waals surface area contributed by atoms with Gasteiger partial charge in [-0.05, 0) is 48.0 Å². The first-order chi connectivity index (χ1) is 13.8. The first-order valence-corrected chi connectivity index (χ1v) is 11.5. The van der Waals surface area contributed by atoms with Crippen LogP contribution in [0.25, 0.3) is 0 Å². The molecule has 0 fully saturated rings. The predicted octanol–water partition coefficient (Wildman–Crippen LogP) is 5.14. The fourth-order valence-electron chi connectivity index (χ4n) is 2.65. The number of halogens is 5. The van der Waals surface area contributed by atoms with Crippen molar-refractivity contribution in [3.8, 4) is 0 Å². The van der Waals surface area contributed by atoms with E-state index < -0.39 is 49.4 Å². The van der Waals surface area contributed by atoms with Crippen LogP contribution in [-0.2, 0) is 18.0 Å². The molecule has 0 heterocycles. The minimum atomic E-state index is -3.19. The van der Waals surface area contributed by atoms with Gasteiger partial charge in [-0.25, -0.2) is 26.7 Å². The van der Waals surface area contributed by atoms with Crippen LogP contribution in [0.3, 0.4) is 0 Å². The van der Waals surface area contributed by atoms with E-state index in [1.54, 1.807) is 41.5 Å². The van der Waals surface area contributed by atoms with E-state index in [0.29, 0.717) is 0 Å². The molecular weight excluding hydrogens is 431 g/mol. The van der Waals surface area contributed by atoms with Crippen LogP contribution in [0.4, 0.5) is 22.0 Å². The topological polar surface area (TPSA) is 54.0 Å². The van der Waals surface area contributed by atoms with E-state index in [1.807, 2.05) is 0 Å². The molecule has 0 saturated carbocycles. The lowest BCUT2D eigenvalue weighted by Gasteiger charge is -2.34. The summed E-state index contributed by atoms with van der Waals surface area (Å²) in [5.41, 5.74) is -1.63. The second kappa shape index (κ2) is 11.2. The maximum atomic E-state index is 13.7. The average Bonchev–Trinajstić information content (AvgIpc) is 2.60. The normalized spacial score (nSPS) is 12.3. The van der Waals surface area contributed by atoms with Crippen LogP contribution in [0.5, 0.6) is 0 Å². The third-order valence-corrected chi connectivity index (χ3v) is 6.98. The monoisotopic (exact) mass is 458 g/mol. The third kappa shape index (κ3) is 7.00. The Morgan fingerprint density at radius 3 is 1.47 bits per heavy atom. The number of carbonyl (C=O) groups excluding carboxylic acids is 1. The standard InChI is InChI=1S/C19H27F5O5Si/c1-10(2)27-30(28-11(3)4,29-12(5)6)9-7-8-26-19(25)13-14(20)16(22)18(24)17(23)15(13)21/h10-12H,7-9H2,1-6H3. The molecule has 0 amide bonds. The molecule has 172 valence electrons. The van der Waals surface area contributed by atoms with Gasteiger partial charge in [0.25, 0.3) is 0 Å². The van der Waals surface area contributed by atoms with Gasteiger partial charge in [0, 0.05) is 24.4 Å². The van der Waals surface area contributed by atoms with Crippen LogP contribution >= 0.6 is 0 Å². The summed E-state index contributed by atoms with van der Waals surface area (Å²) in [4.78, 5) is 11.9. The summed E-state index contributed by atoms with van der Waals surface area (Å²) in [6.45, 7) is 10.5. The van der Waals surface area contributed by atoms with Gasteiger partial charge in [0.2, 0.25) is 5.82 Å². The molecule has 0 aromatic heterocycles. The summed E-state index contributed by atoms with van der Waals surface area (Å²) in [6.07, 6.45) is -0.528. The van der Waals surface area contributed by atoms with Crippen molar-refractivity contribution in [2.24, 2.45) is 0 Å². The Hall–Kier alpha value is -1.56. The molecule has 1 aromatic rings. The van der Waals surface area contributed by atoms with Crippen LogP contribution in [0.2, 0.25) is 6.04 Å². The molecule has 11 heteroatoms. The van der Waals surface area contributed by atoms with Crippen LogP contribution in [0.15, 0.2) is 0 Å². The summed E-state index contributed by atoms with van der Waals surface area (Å²) >= 11 is 0. The predicted molar refractivity (Wildman–Crippen MR) is 100 cm³/mol. The van der Waals surface area contributed by atoms with Crippen molar-refractivity contribution in [2.75, 3.05) is 6.61 Å². The fraction of sp³-hybridized carbons (Fsp3) is 0.632. The van der Waals surface area contributed by atoms with Crippen LogP contribution in [-0.4, -0.2) is 39.7 Å². The van der Waals surface area contributed by atoms with Crippen molar-refractivity contribution in [1.29, 1.82) is 0 Å². The summed E-state index contributed by atoms with van der Waals surface area (Å²) < 4.78 is 89.5. The average molecular weight is 458 g/mol. The van der Waals surface area contributed by atoms with E-state index in [0.717, 1.165) is 0 Å². The smallest absolute Gasteiger partial charge is 0.462 e. The zero-order chi connectivity index (χ0) is 23.2. The highest BCUT2D eigenvalue weighted by Crippen LogP contribution is 2.25. The molecule has 0 unspecified atom stereocenters. The summed E-state index contributed by atoms with van der Waals surface area (Å²) in [6, 6.07) is 0.214. The van der Waals surface area contributed by atoms with E-state index in [4.69, 9.17) is 18.0 Å². The first kappa shape index (κ1) is 26.5. The van der Waals surface area contributed by atoms with E-state index in [1.165, 1.54) is 0 Å². The number of ether oxygens (including phenoxy) is 1. The van der Waals surface area contributed by atoms with Gasteiger partial charge < -0.3 is 18.0 Å². The van der Waals surface area contributed by atoms with Crippen molar-refractivity contribution in [3.05, 3.63) is 34.6 Å². The zero-order valence-electron chi connectivity index (χ0n) is 17.8. The highest BCUT2D eigenvalue weighted by Gasteiger charge is 2.43. The molecule has 0 N–H and O–H groups in total. The molecular formula is C19H27F5O5Si. The molecule has 30 heavy (non-hydrogen) atoms. The first-order valence-electron chi connectivity index (χ1n) is 9.53. The number of rotatable bonds is 11. The minimum absolute atomic E-state index is 0.125. The molecule has 5 nitrogen and oxygen atoms in total. The zero-order valence-corrected chi connectivity index (χ0v) is 18.8. The molecule has 0 bridgehead atoms. The number of carbonyl (C=O) groups is 1. The molecule has 0 aliphatic heterocycles. The van der Waals surface area contributed by atoms with E-state index >= 15 is 0 Å². The Balaban J connectivity index is 2.89. The Kier molecular flexibility index (Phi) is 9.85. The van der Waals surface area contributed by atoms with E-state index in [2.05, 4.69) is 0 Å². The number of benzene rings is 1. The second-order valence-corrected chi connectivity index (χ2v) is 9.94. The number of esters is 1. The molecule has 1 rings (SSSR count). The van der Waals surface area contributed by atoms with Crippen molar-refractivity contribution < 1.29 is 44.8 Å². The number of hydrogen-bond donors (Lipinski definition) is 0. The van der Waals surface area contributed by atoms with E-state index in [-0.39, 0.29) is 37.4 Å². The van der Waals surface area contributed by atoms with Gasteiger partial charge in [-0.1, -0.05) is 0 Å². The largest absolute Gasteiger partial charge is 0.501 e. The SMILES string of the molecule is CC(C)O[Si](CCCOC(=O)c1c(F)c(F)c(F)c(F)c1F)(OC(C)C)OC(C)C. The van der Waals surface area contributed by atoms with Gasteiger partial charge in [0.05, 0.1) is 6.61 Å². The van der Waals surface area contributed by atoms with Crippen LogP contribution < -0.4 is 0 Å². The van der Waals surface area contributed by atoms with Gasteiger partial charge in [0.1, 0.15) is 5.56 Å². The quantitative estimate of drug-likeness (QED) is 0.115. The Morgan fingerprint density at radius 1 is 0.733 bits per heavy atom. The number of hydrogen-bond acceptors (Lipinski definition) is 5. The van der Waals surface area contributed by atoms with Gasteiger partial charge in [0.15, 0.2) is 23.3 Å².